The molecule has 2 N–H and O–H groups in total. The maximum Gasteiger partial charge on any atom is 0.259 e. The van der Waals surface area contributed by atoms with Gasteiger partial charge in [-0.15, -0.1) is 0 Å². The molecule has 32 heavy (non-hydrogen) atoms. The molecule has 5 rings (SSSR count). The molecule has 0 bridgehead atoms. The van der Waals surface area contributed by atoms with Crippen molar-refractivity contribution in [2.75, 3.05) is 4.90 Å². The Morgan fingerprint density at radius 2 is 2.06 bits per heavy atom. The summed E-state index contributed by atoms with van der Waals surface area (Å²) in [5.74, 6) is -0.420. The highest BCUT2D eigenvalue weighted by atomic mass is 16.2. The van der Waals surface area contributed by atoms with E-state index in [0.717, 1.165) is 35.1 Å². The maximum absolute atomic E-state index is 13.3. The molecule has 0 radical (unpaired) electrons. The summed E-state index contributed by atoms with van der Waals surface area (Å²) >= 11 is 0. The van der Waals surface area contributed by atoms with Crippen LogP contribution in [0.4, 0.5) is 5.69 Å². The van der Waals surface area contributed by atoms with Crippen molar-refractivity contribution in [3.05, 3.63) is 70.9 Å². The normalized spacial score (nSPS) is 17.8. The number of hydrogen-bond acceptors (Lipinski definition) is 5. The van der Waals surface area contributed by atoms with Crippen molar-refractivity contribution in [2.24, 2.45) is 0 Å². The quantitative estimate of drug-likeness (QED) is 0.589. The van der Waals surface area contributed by atoms with E-state index in [4.69, 9.17) is 0 Å². The van der Waals surface area contributed by atoms with Gasteiger partial charge in [0, 0.05) is 36.6 Å². The summed E-state index contributed by atoms with van der Waals surface area (Å²) in [5.41, 5.74) is 6.06. The van der Waals surface area contributed by atoms with Gasteiger partial charge in [-0.3, -0.25) is 24.7 Å². The number of imide groups is 1. The van der Waals surface area contributed by atoms with Crippen LogP contribution in [0.1, 0.15) is 52.9 Å². The summed E-state index contributed by atoms with van der Waals surface area (Å²) < 4.78 is 0. The standard InChI is InChI=1S/C25H24N4O3/c1-15(6-9-22(31)28-14-30)29-21-10-11-26-24-18(7-8-19(23(21)24)25(29)32)20-12-16-4-2-3-5-17(16)13-27-20/h2-5,7-8,10-11,14-15,20,27H,6,9,12-13H2,1H3,(H,28,30,31). The Hall–Kier alpha value is -3.58. The molecule has 0 fully saturated rings. The lowest BCUT2D eigenvalue weighted by atomic mass is 9.90. The first-order valence-electron chi connectivity index (χ1n) is 10.9. The summed E-state index contributed by atoms with van der Waals surface area (Å²) in [7, 11) is 0. The zero-order valence-electron chi connectivity index (χ0n) is 17.8. The summed E-state index contributed by atoms with van der Waals surface area (Å²) in [6, 6.07) is 14.2. The van der Waals surface area contributed by atoms with Crippen molar-refractivity contribution in [1.29, 1.82) is 0 Å². The Kier molecular flexibility index (Phi) is 5.19. The van der Waals surface area contributed by atoms with Gasteiger partial charge in [-0.25, -0.2) is 0 Å². The van der Waals surface area contributed by atoms with Crippen molar-refractivity contribution in [1.82, 2.24) is 15.6 Å². The fraction of sp³-hybridized carbons (Fsp3) is 0.280. The highest BCUT2D eigenvalue weighted by Crippen LogP contribution is 2.41. The topological polar surface area (TPSA) is 91.4 Å². The van der Waals surface area contributed by atoms with E-state index in [1.807, 2.05) is 25.1 Å². The molecule has 162 valence electrons. The average molecular weight is 428 g/mol. The van der Waals surface area contributed by atoms with Crippen LogP contribution in [-0.2, 0) is 22.6 Å². The first-order chi connectivity index (χ1) is 15.6. The molecule has 0 spiro atoms. The number of carbonyl (C=O) groups excluding carboxylic acids is 3. The monoisotopic (exact) mass is 428 g/mol. The number of fused-ring (bicyclic) bond motifs is 1. The zero-order valence-corrected chi connectivity index (χ0v) is 17.8. The number of aromatic nitrogens is 1. The third-order valence-electron chi connectivity index (χ3n) is 6.52. The minimum Gasteiger partial charge on any atom is -0.305 e. The summed E-state index contributed by atoms with van der Waals surface area (Å²) in [4.78, 5) is 41.9. The van der Waals surface area contributed by atoms with Crippen LogP contribution >= 0.6 is 0 Å². The number of carbonyl (C=O) groups is 3. The molecule has 7 nitrogen and oxygen atoms in total. The predicted molar refractivity (Wildman–Crippen MR) is 121 cm³/mol. The Morgan fingerprint density at radius 1 is 1.25 bits per heavy atom. The van der Waals surface area contributed by atoms with Gasteiger partial charge in [0.1, 0.15) is 0 Å². The molecule has 2 aromatic carbocycles. The Balaban J connectivity index is 1.48. The van der Waals surface area contributed by atoms with Crippen LogP contribution in [0.25, 0.3) is 10.9 Å². The first kappa shape index (κ1) is 20.3. The van der Waals surface area contributed by atoms with E-state index < -0.39 is 0 Å². The highest BCUT2D eigenvalue weighted by Gasteiger charge is 2.35. The number of hydrogen-bond donors (Lipinski definition) is 2. The van der Waals surface area contributed by atoms with Gasteiger partial charge in [0.05, 0.1) is 16.8 Å². The van der Waals surface area contributed by atoms with E-state index in [-0.39, 0.29) is 30.3 Å². The molecule has 3 heterocycles. The Bertz CT molecular complexity index is 1240. The van der Waals surface area contributed by atoms with Crippen LogP contribution in [0, 0.1) is 0 Å². The lowest BCUT2D eigenvalue weighted by Crippen LogP contribution is -2.36. The third kappa shape index (κ3) is 3.35. The molecule has 3 aromatic rings. The molecule has 7 heteroatoms. The van der Waals surface area contributed by atoms with Gasteiger partial charge in [0.25, 0.3) is 5.91 Å². The number of pyridine rings is 1. The third-order valence-corrected chi connectivity index (χ3v) is 6.52. The molecule has 2 aliphatic rings. The first-order valence-corrected chi connectivity index (χ1v) is 10.9. The summed E-state index contributed by atoms with van der Waals surface area (Å²) in [6.45, 7) is 2.72. The molecular formula is C25H24N4O3. The van der Waals surface area contributed by atoms with Crippen LogP contribution < -0.4 is 15.5 Å². The molecule has 2 atom stereocenters. The Labute approximate surface area is 185 Å². The predicted octanol–water partition coefficient (Wildman–Crippen LogP) is 3.02. The highest BCUT2D eigenvalue weighted by molar-refractivity contribution is 6.25. The second-order valence-corrected chi connectivity index (χ2v) is 8.41. The van der Waals surface area contributed by atoms with Crippen LogP contribution in [0.2, 0.25) is 0 Å². The van der Waals surface area contributed by atoms with Gasteiger partial charge in [-0.2, -0.15) is 0 Å². The van der Waals surface area contributed by atoms with Gasteiger partial charge < -0.3 is 10.2 Å². The number of nitrogens with zero attached hydrogens (tertiary/aromatic N) is 2. The lowest BCUT2D eigenvalue weighted by molar-refractivity contribution is -0.125. The number of amides is 3. The molecule has 2 aliphatic heterocycles. The van der Waals surface area contributed by atoms with Crippen molar-refractivity contribution in [3.8, 4) is 0 Å². The number of benzene rings is 2. The number of rotatable bonds is 6. The molecule has 0 saturated heterocycles. The van der Waals surface area contributed by atoms with Gasteiger partial charge >= 0.3 is 0 Å². The van der Waals surface area contributed by atoms with E-state index in [1.165, 1.54) is 11.1 Å². The van der Waals surface area contributed by atoms with Crippen molar-refractivity contribution in [3.63, 3.8) is 0 Å². The van der Waals surface area contributed by atoms with Crippen LogP contribution in [0.3, 0.4) is 0 Å². The van der Waals surface area contributed by atoms with E-state index in [1.54, 1.807) is 11.1 Å². The molecule has 3 amide bonds. The second kappa shape index (κ2) is 8.16. The molecule has 0 aliphatic carbocycles. The van der Waals surface area contributed by atoms with Crippen molar-refractivity contribution in [2.45, 2.75) is 44.8 Å². The van der Waals surface area contributed by atoms with Crippen molar-refractivity contribution < 1.29 is 14.4 Å². The largest absolute Gasteiger partial charge is 0.305 e. The summed E-state index contributed by atoms with van der Waals surface area (Å²) in [5, 5.41) is 6.65. The molecule has 1 aromatic heterocycles. The SMILES string of the molecule is CC(CCC(=O)NC=O)N1C(=O)c2ccc(C3Cc4ccccc4CN3)c3nccc1c23. The fourth-order valence-corrected chi connectivity index (χ4v) is 4.89. The fourth-order valence-electron chi connectivity index (χ4n) is 4.89. The molecular weight excluding hydrogens is 404 g/mol. The molecule has 2 unspecified atom stereocenters. The average Bonchev–Trinajstić information content (AvgIpc) is 3.11. The van der Waals surface area contributed by atoms with Gasteiger partial charge in [0.2, 0.25) is 12.3 Å². The van der Waals surface area contributed by atoms with Gasteiger partial charge in [-0.05, 0) is 48.6 Å². The lowest BCUT2D eigenvalue weighted by Gasteiger charge is -2.27. The minimum atomic E-state index is -0.346. The van der Waals surface area contributed by atoms with E-state index in [9.17, 15) is 14.4 Å². The number of nitrogens with one attached hydrogen (secondary N) is 2. The van der Waals surface area contributed by atoms with Crippen LogP contribution in [0.5, 0.6) is 0 Å². The Morgan fingerprint density at radius 3 is 2.88 bits per heavy atom. The van der Waals surface area contributed by atoms with Gasteiger partial charge in [0.15, 0.2) is 0 Å². The maximum atomic E-state index is 13.3. The second-order valence-electron chi connectivity index (χ2n) is 8.41. The van der Waals surface area contributed by atoms with E-state index in [0.29, 0.717) is 18.4 Å². The summed E-state index contributed by atoms with van der Waals surface area (Å²) in [6.07, 6.45) is 3.63. The van der Waals surface area contributed by atoms with Crippen molar-refractivity contribution >= 4 is 34.8 Å². The van der Waals surface area contributed by atoms with Crippen LogP contribution in [-0.4, -0.2) is 29.3 Å². The zero-order chi connectivity index (χ0) is 22.2. The smallest absolute Gasteiger partial charge is 0.259 e. The van der Waals surface area contributed by atoms with Crippen LogP contribution in [0.15, 0.2) is 48.7 Å². The number of anilines is 1. The molecule has 0 saturated carbocycles. The minimum absolute atomic E-state index is 0.0743. The van der Waals surface area contributed by atoms with E-state index in [2.05, 4.69) is 39.9 Å². The van der Waals surface area contributed by atoms with E-state index >= 15 is 0 Å². The van der Waals surface area contributed by atoms with Gasteiger partial charge in [-0.1, -0.05) is 30.3 Å².